The van der Waals surface area contributed by atoms with Gasteiger partial charge in [0.25, 0.3) is 0 Å². The van der Waals surface area contributed by atoms with Gasteiger partial charge in [-0.05, 0) is 23.8 Å². The molecule has 8 nitrogen and oxygen atoms in total. The molecule has 1 heterocycles. The lowest BCUT2D eigenvalue weighted by Gasteiger charge is -2.22. The fourth-order valence-corrected chi connectivity index (χ4v) is 3.25. The van der Waals surface area contributed by atoms with Crippen molar-refractivity contribution in [1.82, 2.24) is 20.6 Å². The van der Waals surface area contributed by atoms with Crippen LogP contribution in [0.15, 0.2) is 54.7 Å². The Morgan fingerprint density at radius 3 is 2.34 bits per heavy atom. The summed E-state index contributed by atoms with van der Waals surface area (Å²) in [5, 5.41) is 5.10. The Morgan fingerprint density at radius 2 is 1.66 bits per heavy atom. The van der Waals surface area contributed by atoms with Crippen LogP contribution in [0.1, 0.15) is 18.2 Å². The second kappa shape index (κ2) is 10.4. The first-order chi connectivity index (χ1) is 15.4. The third kappa shape index (κ3) is 5.84. The number of rotatable bonds is 8. The quantitative estimate of drug-likeness (QED) is 0.518. The molecule has 0 unspecified atom stereocenters. The van der Waals surface area contributed by atoms with Crippen LogP contribution in [0, 0.1) is 5.82 Å². The van der Waals surface area contributed by atoms with Crippen molar-refractivity contribution in [3.8, 4) is 0 Å². The van der Waals surface area contributed by atoms with Crippen LogP contribution in [0.2, 0.25) is 0 Å². The Balaban J connectivity index is 1.79. The fourth-order valence-electron chi connectivity index (χ4n) is 3.25. The van der Waals surface area contributed by atoms with Crippen molar-refractivity contribution in [2.45, 2.75) is 31.8 Å². The average Bonchev–Trinajstić information content (AvgIpc) is 2.78. The highest BCUT2D eigenvalue weighted by atomic mass is 19.1. The van der Waals surface area contributed by atoms with Crippen molar-refractivity contribution in [3.63, 3.8) is 0 Å². The number of hydrogen-bond acceptors (Lipinski definition) is 6. The summed E-state index contributed by atoms with van der Waals surface area (Å²) in [6, 6.07) is 11.1. The lowest BCUT2D eigenvalue weighted by atomic mass is 10.0. The van der Waals surface area contributed by atoms with Gasteiger partial charge in [0.2, 0.25) is 11.8 Å². The zero-order valence-corrected chi connectivity index (χ0v) is 17.7. The summed E-state index contributed by atoms with van der Waals surface area (Å²) in [6.07, 6.45) is 1.47. The predicted octanol–water partition coefficient (Wildman–Crippen LogP) is 1.72. The Kier molecular flexibility index (Phi) is 7.43. The van der Waals surface area contributed by atoms with Crippen LogP contribution >= 0.6 is 0 Å². The molecule has 0 radical (unpaired) electrons. The maximum atomic E-state index is 14.1. The number of hydrogen-bond donors (Lipinski definition) is 2. The second-order valence-corrected chi connectivity index (χ2v) is 7.19. The molecule has 3 aromatic rings. The molecule has 2 atom stereocenters. The molecule has 2 N–H and O–H groups in total. The number of carbonyl (C=O) groups is 3. The lowest BCUT2D eigenvalue weighted by molar-refractivity contribution is -0.145. The van der Waals surface area contributed by atoms with E-state index in [9.17, 15) is 18.8 Å². The van der Waals surface area contributed by atoms with Gasteiger partial charge >= 0.3 is 5.97 Å². The Hall–Kier alpha value is -3.88. The number of nitrogens with zero attached hydrogens (tertiary/aromatic N) is 2. The first kappa shape index (κ1) is 22.8. The number of nitrogens with one attached hydrogen (secondary N) is 2. The molecule has 0 spiro atoms. The van der Waals surface area contributed by atoms with E-state index in [4.69, 9.17) is 4.74 Å². The molecule has 2 aromatic carbocycles. The van der Waals surface area contributed by atoms with Gasteiger partial charge in [0.1, 0.15) is 17.9 Å². The molecule has 0 aliphatic carbocycles. The molecular formula is C23H23FN4O4. The van der Waals surface area contributed by atoms with E-state index in [1.54, 1.807) is 12.1 Å². The van der Waals surface area contributed by atoms with Crippen LogP contribution in [0.25, 0.3) is 11.0 Å². The van der Waals surface area contributed by atoms with E-state index in [0.717, 1.165) is 0 Å². The van der Waals surface area contributed by atoms with Crippen molar-refractivity contribution in [2.75, 3.05) is 7.11 Å². The van der Waals surface area contributed by atoms with E-state index in [1.807, 2.05) is 18.2 Å². The minimum absolute atomic E-state index is 0.0305. The standard InChI is InChI=1S/C23H23FN4O4/c1-14(29)26-20(11-15-7-3-4-8-17(15)24)22(30)28-21(23(31)32-2)12-16-13-25-18-9-5-6-10-19(18)27-16/h3-10,13,20-21H,11-12H2,1-2H3,(H,26,29)(H,28,30)/t20-,21-/m0/s1. The highest BCUT2D eigenvalue weighted by Gasteiger charge is 2.28. The Morgan fingerprint density at radius 1 is 0.969 bits per heavy atom. The molecule has 3 rings (SSSR count). The van der Waals surface area contributed by atoms with Gasteiger partial charge in [-0.2, -0.15) is 0 Å². The molecule has 2 amide bonds. The van der Waals surface area contributed by atoms with Gasteiger partial charge in [0.15, 0.2) is 0 Å². The maximum absolute atomic E-state index is 14.1. The van der Waals surface area contributed by atoms with E-state index in [0.29, 0.717) is 16.7 Å². The summed E-state index contributed by atoms with van der Waals surface area (Å²) in [5.74, 6) is -2.28. The van der Waals surface area contributed by atoms with E-state index >= 15 is 0 Å². The lowest BCUT2D eigenvalue weighted by Crippen LogP contribution is -2.53. The van der Waals surface area contributed by atoms with Crippen LogP contribution in [0.4, 0.5) is 4.39 Å². The Labute approximate surface area is 184 Å². The van der Waals surface area contributed by atoms with Crippen molar-refractivity contribution < 1.29 is 23.5 Å². The van der Waals surface area contributed by atoms with Crippen LogP contribution in [0.3, 0.4) is 0 Å². The number of amides is 2. The zero-order chi connectivity index (χ0) is 23.1. The van der Waals surface area contributed by atoms with Crippen LogP contribution < -0.4 is 10.6 Å². The minimum Gasteiger partial charge on any atom is -0.467 e. The van der Waals surface area contributed by atoms with Crippen molar-refractivity contribution in [1.29, 1.82) is 0 Å². The zero-order valence-electron chi connectivity index (χ0n) is 17.7. The van der Waals surface area contributed by atoms with Crippen molar-refractivity contribution in [3.05, 3.63) is 71.8 Å². The number of methoxy groups -OCH3 is 1. The number of para-hydroxylation sites is 2. The molecule has 0 fully saturated rings. The average molecular weight is 438 g/mol. The van der Waals surface area contributed by atoms with E-state index in [-0.39, 0.29) is 18.4 Å². The summed E-state index contributed by atoms with van der Waals surface area (Å²) in [4.78, 5) is 45.7. The number of benzene rings is 2. The molecule has 9 heteroatoms. The number of ether oxygens (including phenoxy) is 1. The van der Waals surface area contributed by atoms with Gasteiger partial charge in [0.05, 0.1) is 23.8 Å². The third-order valence-corrected chi connectivity index (χ3v) is 4.79. The fraction of sp³-hybridized carbons (Fsp3) is 0.261. The third-order valence-electron chi connectivity index (χ3n) is 4.79. The molecule has 0 aliphatic heterocycles. The number of aromatic nitrogens is 2. The molecule has 0 saturated carbocycles. The smallest absolute Gasteiger partial charge is 0.328 e. The summed E-state index contributed by atoms with van der Waals surface area (Å²) in [6.45, 7) is 1.25. The summed E-state index contributed by atoms with van der Waals surface area (Å²) < 4.78 is 18.9. The number of carbonyl (C=O) groups excluding carboxylic acids is 3. The molecule has 0 aliphatic rings. The normalized spacial score (nSPS) is 12.6. The molecule has 0 bridgehead atoms. The van der Waals surface area contributed by atoms with Gasteiger partial charge < -0.3 is 15.4 Å². The van der Waals surface area contributed by atoms with Gasteiger partial charge in [-0.15, -0.1) is 0 Å². The van der Waals surface area contributed by atoms with Gasteiger partial charge in [-0.25, -0.2) is 14.2 Å². The second-order valence-electron chi connectivity index (χ2n) is 7.19. The highest BCUT2D eigenvalue weighted by molar-refractivity contribution is 5.90. The van der Waals surface area contributed by atoms with Crippen LogP contribution in [0.5, 0.6) is 0 Å². The van der Waals surface area contributed by atoms with Gasteiger partial charge in [-0.3, -0.25) is 14.6 Å². The molecule has 32 heavy (non-hydrogen) atoms. The summed E-state index contributed by atoms with van der Waals surface area (Å²) in [5.41, 5.74) is 2.09. The summed E-state index contributed by atoms with van der Waals surface area (Å²) in [7, 11) is 1.21. The minimum atomic E-state index is -1.08. The van der Waals surface area contributed by atoms with Crippen molar-refractivity contribution >= 4 is 28.8 Å². The van der Waals surface area contributed by atoms with Gasteiger partial charge in [-0.1, -0.05) is 30.3 Å². The maximum Gasteiger partial charge on any atom is 0.328 e. The van der Waals surface area contributed by atoms with E-state index < -0.39 is 35.7 Å². The monoisotopic (exact) mass is 438 g/mol. The van der Waals surface area contributed by atoms with E-state index in [1.165, 1.54) is 38.4 Å². The molecule has 0 saturated heterocycles. The predicted molar refractivity (Wildman–Crippen MR) is 115 cm³/mol. The number of halogens is 1. The first-order valence-corrected chi connectivity index (χ1v) is 9.96. The SMILES string of the molecule is COC(=O)[C@H](Cc1cnc2ccccc2n1)NC(=O)[C@H](Cc1ccccc1F)NC(C)=O. The molecule has 1 aromatic heterocycles. The van der Waals surface area contributed by atoms with Crippen molar-refractivity contribution in [2.24, 2.45) is 0 Å². The largest absolute Gasteiger partial charge is 0.467 e. The van der Waals surface area contributed by atoms with E-state index in [2.05, 4.69) is 20.6 Å². The number of esters is 1. The van der Waals surface area contributed by atoms with Gasteiger partial charge in [0, 0.05) is 26.0 Å². The van der Waals surface area contributed by atoms with Crippen LogP contribution in [-0.2, 0) is 32.0 Å². The first-order valence-electron chi connectivity index (χ1n) is 9.96. The highest BCUT2D eigenvalue weighted by Crippen LogP contribution is 2.12. The summed E-state index contributed by atoms with van der Waals surface area (Å²) >= 11 is 0. The van der Waals surface area contributed by atoms with Crippen LogP contribution in [-0.4, -0.2) is 46.9 Å². The number of fused-ring (bicyclic) bond motifs is 1. The molecular weight excluding hydrogens is 415 g/mol. The Bertz CT molecular complexity index is 1140. The molecule has 166 valence electrons. The topological polar surface area (TPSA) is 110 Å².